The topological polar surface area (TPSA) is 67.2 Å². The first kappa shape index (κ1) is 14.6. The number of amides is 2. The molecular weight excluding hydrogens is 298 g/mol. The van der Waals surface area contributed by atoms with Gasteiger partial charge in [-0.1, -0.05) is 18.2 Å². The molecule has 0 aliphatic rings. The van der Waals surface area contributed by atoms with Gasteiger partial charge in [-0.2, -0.15) is 0 Å². The molecule has 2 N–H and O–H groups in total. The number of carbonyl (C=O) groups is 1. The van der Waals surface area contributed by atoms with Gasteiger partial charge in [0, 0.05) is 15.8 Å². The molecule has 0 bridgehead atoms. The molecule has 1 aromatic carbocycles. The van der Waals surface area contributed by atoms with Gasteiger partial charge in [-0.3, -0.25) is 0 Å². The first-order valence-corrected chi connectivity index (χ1v) is 7.91. The fourth-order valence-electron chi connectivity index (χ4n) is 2.27. The maximum atomic E-state index is 11.9. The number of nitrogens with one attached hydrogen (secondary N) is 2. The Balaban J connectivity index is 1.58. The molecule has 3 aromatic rings. The number of thiazole rings is 1. The van der Waals surface area contributed by atoms with Crippen LogP contribution in [-0.4, -0.2) is 11.0 Å². The number of para-hydroxylation sites is 1. The van der Waals surface area contributed by atoms with Crippen molar-refractivity contribution in [2.75, 3.05) is 0 Å². The van der Waals surface area contributed by atoms with E-state index in [9.17, 15) is 4.79 Å². The van der Waals surface area contributed by atoms with E-state index in [2.05, 4.69) is 15.6 Å². The second-order valence-electron chi connectivity index (χ2n) is 5.04. The highest BCUT2D eigenvalue weighted by Crippen LogP contribution is 2.24. The molecule has 0 radical (unpaired) electrons. The number of urea groups is 1. The number of rotatable bonds is 4. The van der Waals surface area contributed by atoms with Crippen molar-refractivity contribution in [1.82, 2.24) is 15.6 Å². The van der Waals surface area contributed by atoms with Gasteiger partial charge >= 0.3 is 6.03 Å². The van der Waals surface area contributed by atoms with Crippen LogP contribution in [0.3, 0.4) is 0 Å². The zero-order valence-corrected chi connectivity index (χ0v) is 13.3. The molecular formula is C16H17N3O2S. The molecule has 114 valence electrons. The third kappa shape index (κ3) is 2.96. The molecule has 2 aromatic heterocycles. The van der Waals surface area contributed by atoms with Crippen molar-refractivity contribution in [1.29, 1.82) is 0 Å². The molecule has 0 aliphatic heterocycles. The molecule has 0 spiro atoms. The number of furan rings is 1. The lowest BCUT2D eigenvalue weighted by Crippen LogP contribution is -2.34. The Morgan fingerprint density at radius 2 is 2.00 bits per heavy atom. The molecule has 0 saturated carbocycles. The molecule has 0 fully saturated rings. The van der Waals surface area contributed by atoms with Gasteiger partial charge in [0.25, 0.3) is 0 Å². The second kappa shape index (κ2) is 6.19. The SMILES string of the molecule is Cc1ncsc1CNC(=O)NCc1oc2ccccc2c1C. The third-order valence-corrected chi connectivity index (χ3v) is 4.54. The van der Waals surface area contributed by atoms with Gasteiger partial charge in [0.15, 0.2) is 0 Å². The molecule has 0 aliphatic carbocycles. The number of hydrogen-bond donors (Lipinski definition) is 2. The van der Waals surface area contributed by atoms with E-state index >= 15 is 0 Å². The predicted octanol–water partition coefficient (Wildman–Crippen LogP) is 3.51. The first-order chi connectivity index (χ1) is 10.6. The summed E-state index contributed by atoms with van der Waals surface area (Å²) in [7, 11) is 0. The van der Waals surface area contributed by atoms with Crippen LogP contribution in [0.5, 0.6) is 0 Å². The van der Waals surface area contributed by atoms with E-state index in [1.54, 1.807) is 5.51 Å². The van der Waals surface area contributed by atoms with Crippen molar-refractivity contribution < 1.29 is 9.21 Å². The lowest BCUT2D eigenvalue weighted by molar-refractivity contribution is 0.239. The highest BCUT2D eigenvalue weighted by Gasteiger charge is 2.11. The summed E-state index contributed by atoms with van der Waals surface area (Å²) in [6.07, 6.45) is 0. The minimum atomic E-state index is -0.215. The van der Waals surface area contributed by atoms with Gasteiger partial charge in [-0.05, 0) is 19.9 Å². The van der Waals surface area contributed by atoms with Gasteiger partial charge in [0.2, 0.25) is 0 Å². The number of carbonyl (C=O) groups excluding carboxylic acids is 1. The predicted molar refractivity (Wildman–Crippen MR) is 86.9 cm³/mol. The normalized spacial score (nSPS) is 10.8. The highest BCUT2D eigenvalue weighted by atomic mass is 32.1. The summed E-state index contributed by atoms with van der Waals surface area (Å²) < 4.78 is 5.77. The number of benzene rings is 1. The van der Waals surface area contributed by atoms with Crippen molar-refractivity contribution in [3.8, 4) is 0 Å². The summed E-state index contributed by atoms with van der Waals surface area (Å²) in [5.41, 5.74) is 4.65. The fraction of sp³-hybridized carbons (Fsp3) is 0.250. The molecule has 2 heterocycles. The van der Waals surface area contributed by atoms with Crippen LogP contribution in [0.2, 0.25) is 0 Å². The van der Waals surface area contributed by atoms with Gasteiger partial charge in [0.05, 0.1) is 24.3 Å². The average Bonchev–Trinajstić information content (AvgIpc) is 3.07. The van der Waals surface area contributed by atoms with Crippen LogP contribution in [0.15, 0.2) is 34.2 Å². The van der Waals surface area contributed by atoms with E-state index < -0.39 is 0 Å². The van der Waals surface area contributed by atoms with Crippen LogP contribution >= 0.6 is 11.3 Å². The van der Waals surface area contributed by atoms with Crippen LogP contribution in [0.1, 0.15) is 21.9 Å². The monoisotopic (exact) mass is 315 g/mol. The minimum absolute atomic E-state index is 0.215. The van der Waals surface area contributed by atoms with Gasteiger partial charge in [-0.15, -0.1) is 11.3 Å². The first-order valence-electron chi connectivity index (χ1n) is 7.03. The van der Waals surface area contributed by atoms with Crippen LogP contribution in [0, 0.1) is 13.8 Å². The number of aromatic nitrogens is 1. The van der Waals surface area contributed by atoms with Crippen LogP contribution in [0.4, 0.5) is 4.79 Å². The number of nitrogens with zero attached hydrogens (tertiary/aromatic N) is 1. The Morgan fingerprint density at radius 3 is 2.73 bits per heavy atom. The highest BCUT2D eigenvalue weighted by molar-refractivity contribution is 7.09. The zero-order chi connectivity index (χ0) is 15.5. The maximum Gasteiger partial charge on any atom is 0.315 e. The quantitative estimate of drug-likeness (QED) is 0.774. The van der Waals surface area contributed by atoms with Gasteiger partial charge in [0.1, 0.15) is 11.3 Å². The van der Waals surface area contributed by atoms with Crippen molar-refractivity contribution in [2.24, 2.45) is 0 Å². The van der Waals surface area contributed by atoms with Crippen LogP contribution in [0.25, 0.3) is 11.0 Å². The van der Waals surface area contributed by atoms with E-state index in [0.29, 0.717) is 13.1 Å². The standard InChI is InChI=1S/C16H17N3O2S/c1-10-12-5-3-4-6-13(12)21-14(10)7-17-16(20)18-8-15-11(2)19-9-22-15/h3-6,9H,7-8H2,1-2H3,(H2,17,18,20). The average molecular weight is 315 g/mol. The lowest BCUT2D eigenvalue weighted by atomic mass is 10.1. The molecule has 2 amide bonds. The summed E-state index contributed by atoms with van der Waals surface area (Å²) in [6, 6.07) is 7.65. The van der Waals surface area contributed by atoms with E-state index in [1.807, 2.05) is 38.1 Å². The van der Waals surface area contributed by atoms with Crippen LogP contribution in [-0.2, 0) is 13.1 Å². The maximum absolute atomic E-state index is 11.9. The minimum Gasteiger partial charge on any atom is -0.459 e. The smallest absolute Gasteiger partial charge is 0.315 e. The Morgan fingerprint density at radius 1 is 1.23 bits per heavy atom. The third-order valence-electron chi connectivity index (χ3n) is 3.61. The van der Waals surface area contributed by atoms with E-state index in [1.165, 1.54) is 11.3 Å². The largest absolute Gasteiger partial charge is 0.459 e. The molecule has 22 heavy (non-hydrogen) atoms. The summed E-state index contributed by atoms with van der Waals surface area (Å²) >= 11 is 1.54. The van der Waals surface area contributed by atoms with E-state index in [0.717, 1.165) is 32.9 Å². The van der Waals surface area contributed by atoms with Crippen molar-refractivity contribution in [3.63, 3.8) is 0 Å². The molecule has 3 rings (SSSR count). The second-order valence-corrected chi connectivity index (χ2v) is 5.98. The number of hydrogen-bond acceptors (Lipinski definition) is 4. The van der Waals surface area contributed by atoms with E-state index in [4.69, 9.17) is 4.42 Å². The summed E-state index contributed by atoms with van der Waals surface area (Å²) in [6.45, 7) is 4.79. The summed E-state index contributed by atoms with van der Waals surface area (Å²) in [5.74, 6) is 0.783. The number of fused-ring (bicyclic) bond motifs is 1. The van der Waals surface area contributed by atoms with Crippen molar-refractivity contribution in [3.05, 3.63) is 51.7 Å². The van der Waals surface area contributed by atoms with Crippen molar-refractivity contribution >= 4 is 28.3 Å². The molecule has 0 saturated heterocycles. The molecule has 6 heteroatoms. The Hall–Kier alpha value is -2.34. The summed E-state index contributed by atoms with van der Waals surface area (Å²) in [5, 5.41) is 6.73. The molecule has 5 nitrogen and oxygen atoms in total. The van der Waals surface area contributed by atoms with Gasteiger partial charge < -0.3 is 15.1 Å². The van der Waals surface area contributed by atoms with E-state index in [-0.39, 0.29) is 6.03 Å². The fourth-order valence-corrected chi connectivity index (χ4v) is 2.99. The zero-order valence-electron chi connectivity index (χ0n) is 12.5. The Labute approximate surface area is 132 Å². The summed E-state index contributed by atoms with van der Waals surface area (Å²) in [4.78, 5) is 17.1. The number of aryl methyl sites for hydroxylation is 2. The molecule has 0 unspecified atom stereocenters. The lowest BCUT2D eigenvalue weighted by Gasteiger charge is -2.06. The Bertz CT molecular complexity index is 807. The van der Waals surface area contributed by atoms with Gasteiger partial charge in [-0.25, -0.2) is 9.78 Å². The Kier molecular flexibility index (Phi) is 4.11. The van der Waals surface area contributed by atoms with Crippen LogP contribution < -0.4 is 10.6 Å². The molecule has 0 atom stereocenters. The van der Waals surface area contributed by atoms with Crippen molar-refractivity contribution in [2.45, 2.75) is 26.9 Å².